The molecule has 3 heterocycles. The van der Waals surface area contributed by atoms with Crippen LogP contribution in [0.5, 0.6) is 0 Å². The number of ether oxygens (including phenoxy) is 4. The Morgan fingerprint density at radius 2 is 1.61 bits per heavy atom. The van der Waals surface area contributed by atoms with Crippen LogP contribution >= 0.6 is 19.2 Å². The van der Waals surface area contributed by atoms with Gasteiger partial charge in [0.15, 0.2) is 11.9 Å². The van der Waals surface area contributed by atoms with Gasteiger partial charge < -0.3 is 34.5 Å². The molecule has 4 atom stereocenters. The Bertz CT molecular complexity index is 1390. The molecule has 1 aliphatic carbocycles. The van der Waals surface area contributed by atoms with Gasteiger partial charge >= 0.3 is 19.5 Å². The van der Waals surface area contributed by atoms with Crippen molar-refractivity contribution in [1.82, 2.24) is 19.7 Å². The van der Waals surface area contributed by atoms with Crippen LogP contribution in [0, 0.1) is 10.8 Å². The normalized spacial score (nSPS) is 22.8. The summed E-state index contributed by atoms with van der Waals surface area (Å²) in [5.41, 5.74) is -1.39. The zero-order valence-corrected chi connectivity index (χ0v) is 28.5. The van der Waals surface area contributed by atoms with Crippen molar-refractivity contribution in [3.8, 4) is 0 Å². The quantitative estimate of drug-likeness (QED) is 0.118. The van der Waals surface area contributed by atoms with E-state index in [0.29, 0.717) is 16.9 Å². The average molecular weight is 692 g/mol. The Balaban J connectivity index is 1.40. The molecule has 2 aromatic rings. The van der Waals surface area contributed by atoms with Gasteiger partial charge in [-0.1, -0.05) is 12.8 Å². The average Bonchev–Trinajstić information content (AvgIpc) is 3.68. The monoisotopic (exact) mass is 691 g/mol. The van der Waals surface area contributed by atoms with E-state index in [1.165, 1.54) is 10.9 Å². The van der Waals surface area contributed by atoms with Crippen LogP contribution in [0.25, 0.3) is 11.0 Å². The molecule has 1 unspecified atom stereocenters. The van der Waals surface area contributed by atoms with Gasteiger partial charge in [-0.3, -0.25) is 23.2 Å². The number of hydrogen-bond acceptors (Lipinski definition) is 15. The van der Waals surface area contributed by atoms with Crippen LogP contribution in [0.15, 0.2) is 6.20 Å². The third kappa shape index (κ3) is 9.13. The molecule has 258 valence electrons. The van der Waals surface area contributed by atoms with Crippen molar-refractivity contribution in [3.05, 3.63) is 11.5 Å². The lowest BCUT2D eigenvalue weighted by Crippen LogP contribution is -2.34. The van der Waals surface area contributed by atoms with E-state index in [-0.39, 0.29) is 17.9 Å². The molecule has 16 nitrogen and oxygen atoms in total. The van der Waals surface area contributed by atoms with Crippen LogP contribution in [0.3, 0.4) is 0 Å². The Labute approximate surface area is 271 Å². The van der Waals surface area contributed by atoms with Crippen LogP contribution in [-0.2, 0) is 42.1 Å². The molecule has 1 saturated carbocycles. The lowest BCUT2D eigenvalue weighted by Gasteiger charge is -2.22. The number of carbonyl (C=O) groups is 2. The Morgan fingerprint density at radius 3 is 2.17 bits per heavy atom. The smallest absolute Gasteiger partial charge is 0.361 e. The summed E-state index contributed by atoms with van der Waals surface area (Å²) >= 11 is 6.22. The van der Waals surface area contributed by atoms with Gasteiger partial charge in [0, 0.05) is 6.04 Å². The van der Waals surface area contributed by atoms with E-state index in [4.69, 9.17) is 39.6 Å². The van der Waals surface area contributed by atoms with Crippen LogP contribution in [0.2, 0.25) is 5.28 Å². The summed E-state index contributed by atoms with van der Waals surface area (Å²) in [6.45, 7) is 8.00. The second-order valence-corrected chi connectivity index (χ2v) is 15.6. The number of nitrogens with zero attached hydrogens (tertiary/aromatic N) is 4. The van der Waals surface area contributed by atoms with E-state index in [9.17, 15) is 24.4 Å². The summed E-state index contributed by atoms with van der Waals surface area (Å²) in [5, 5.41) is 29.9. The maximum atomic E-state index is 13.4. The zero-order chi connectivity index (χ0) is 33.9. The van der Waals surface area contributed by atoms with Crippen molar-refractivity contribution in [2.45, 2.75) is 97.8 Å². The highest BCUT2D eigenvalue weighted by Gasteiger charge is 2.45. The fourth-order valence-corrected chi connectivity index (χ4v) is 5.82. The van der Waals surface area contributed by atoms with E-state index >= 15 is 0 Å². The van der Waals surface area contributed by atoms with E-state index in [1.54, 1.807) is 41.5 Å². The van der Waals surface area contributed by atoms with E-state index in [1.807, 2.05) is 0 Å². The van der Waals surface area contributed by atoms with Crippen LogP contribution in [-0.4, -0.2) is 92.8 Å². The molecule has 0 spiro atoms. The second-order valence-electron chi connectivity index (χ2n) is 13.3. The fourth-order valence-electron chi connectivity index (χ4n) is 4.67. The SMILES string of the molecule is CC(C)(C)C(=O)OCOP(=O)(COCC1O[C@@H](n2ncc3c(NC4CCCC4)nc(Cl)nc32)[C@H](O)[C@@H]1O)OCOC(=O)C(C)(C)C. The van der Waals surface area contributed by atoms with Gasteiger partial charge in [-0.2, -0.15) is 15.1 Å². The highest BCUT2D eigenvalue weighted by atomic mass is 35.5. The third-order valence-corrected chi connectivity index (χ3v) is 9.00. The minimum Gasteiger partial charge on any atom is -0.438 e. The highest BCUT2D eigenvalue weighted by Crippen LogP contribution is 2.48. The van der Waals surface area contributed by atoms with Crippen molar-refractivity contribution in [2.24, 2.45) is 10.8 Å². The molecule has 2 aliphatic rings. The lowest BCUT2D eigenvalue weighted by atomic mass is 9.98. The van der Waals surface area contributed by atoms with Crippen molar-refractivity contribution in [2.75, 3.05) is 31.9 Å². The number of fused-ring (bicyclic) bond motifs is 1. The number of nitrogens with one attached hydrogen (secondary N) is 1. The van der Waals surface area contributed by atoms with Crippen LogP contribution in [0.4, 0.5) is 5.82 Å². The van der Waals surface area contributed by atoms with Gasteiger partial charge in [0.05, 0.1) is 29.0 Å². The summed E-state index contributed by atoms with van der Waals surface area (Å²) in [5.74, 6) is -0.709. The maximum Gasteiger partial charge on any atom is 0.361 e. The largest absolute Gasteiger partial charge is 0.438 e. The Morgan fingerprint density at radius 1 is 1.02 bits per heavy atom. The van der Waals surface area contributed by atoms with E-state index < -0.39 is 74.8 Å². The minimum absolute atomic E-state index is 0.0280. The fraction of sp³-hybridized carbons (Fsp3) is 0.750. The molecule has 18 heteroatoms. The molecule has 0 amide bonds. The highest BCUT2D eigenvalue weighted by molar-refractivity contribution is 7.53. The van der Waals surface area contributed by atoms with Gasteiger partial charge in [0.25, 0.3) is 0 Å². The van der Waals surface area contributed by atoms with Crippen molar-refractivity contribution < 1.29 is 52.4 Å². The van der Waals surface area contributed by atoms with Gasteiger partial charge in [-0.15, -0.1) is 0 Å². The summed E-state index contributed by atoms with van der Waals surface area (Å²) in [4.78, 5) is 32.8. The first-order valence-electron chi connectivity index (χ1n) is 15.0. The molecule has 2 fully saturated rings. The molecule has 2 aromatic heterocycles. The molecule has 0 bridgehead atoms. The van der Waals surface area contributed by atoms with E-state index in [2.05, 4.69) is 20.4 Å². The summed E-state index contributed by atoms with van der Waals surface area (Å²) in [6.07, 6.45) is -0.0623. The standard InChI is InChI=1S/C28H43ClN5O11P/c1-27(2,3)24(37)41-13-43-46(39,44-14-42-25(38)28(4,5)6)15-40-12-18-19(35)20(36)23(45-18)34-22-17(11-30-34)21(32-26(29)33-22)31-16-9-7-8-10-16/h11,16,18-20,23,35-36H,7-10,12-15H2,1-6H3,(H,31,32,33)/t18?,19-,20-,23-/m1/s1. The maximum absolute atomic E-state index is 13.4. The first-order valence-corrected chi connectivity index (χ1v) is 17.1. The summed E-state index contributed by atoms with van der Waals surface area (Å²) in [6, 6.07) is 0.245. The van der Waals surface area contributed by atoms with Crippen molar-refractivity contribution in [1.29, 1.82) is 0 Å². The number of rotatable bonds is 13. The molecule has 4 rings (SSSR count). The molecule has 1 aliphatic heterocycles. The molecule has 0 radical (unpaired) electrons. The Kier molecular flexibility index (Phi) is 11.7. The predicted molar refractivity (Wildman–Crippen MR) is 164 cm³/mol. The number of aliphatic hydroxyl groups is 2. The molecule has 3 N–H and O–H groups in total. The first-order chi connectivity index (χ1) is 21.5. The molecule has 46 heavy (non-hydrogen) atoms. The molecular formula is C28H43ClN5O11P. The first kappa shape index (κ1) is 36.4. The lowest BCUT2D eigenvalue weighted by molar-refractivity contribution is -0.162. The number of halogens is 1. The molecule has 0 aromatic carbocycles. The number of carbonyl (C=O) groups excluding carboxylic acids is 2. The number of anilines is 1. The number of aliphatic hydroxyl groups excluding tert-OH is 2. The van der Waals surface area contributed by atoms with Crippen molar-refractivity contribution in [3.63, 3.8) is 0 Å². The van der Waals surface area contributed by atoms with Gasteiger partial charge in [-0.25, -0.2) is 4.68 Å². The van der Waals surface area contributed by atoms with Crippen molar-refractivity contribution >= 4 is 48.0 Å². The molecular weight excluding hydrogens is 649 g/mol. The minimum atomic E-state index is -4.18. The van der Waals surface area contributed by atoms with Gasteiger partial charge in [-0.05, 0) is 66.0 Å². The number of aromatic nitrogens is 4. The van der Waals surface area contributed by atoms with Gasteiger partial charge in [0.2, 0.25) is 18.9 Å². The molecule has 1 saturated heterocycles. The van der Waals surface area contributed by atoms with Gasteiger partial charge in [0.1, 0.15) is 30.5 Å². The third-order valence-electron chi connectivity index (χ3n) is 7.34. The number of hydrogen-bond donors (Lipinski definition) is 3. The zero-order valence-electron chi connectivity index (χ0n) is 26.8. The summed E-state index contributed by atoms with van der Waals surface area (Å²) < 4.78 is 46.7. The topological polar surface area (TPSA) is 203 Å². The van der Waals surface area contributed by atoms with Crippen LogP contribution in [0.1, 0.15) is 73.5 Å². The van der Waals surface area contributed by atoms with Crippen LogP contribution < -0.4 is 5.32 Å². The summed E-state index contributed by atoms with van der Waals surface area (Å²) in [7, 11) is -4.18. The predicted octanol–water partition coefficient (Wildman–Crippen LogP) is 3.75. The number of esters is 2. The second kappa shape index (κ2) is 14.8. The Hall–Kier alpha value is -2.43. The van der Waals surface area contributed by atoms with E-state index in [0.717, 1.165) is 25.7 Å².